The van der Waals surface area contributed by atoms with E-state index in [1.807, 2.05) is 19.1 Å². The number of hydrogen-bond acceptors (Lipinski definition) is 0. The van der Waals surface area contributed by atoms with Crippen LogP contribution in [0.25, 0.3) is 0 Å². The summed E-state index contributed by atoms with van der Waals surface area (Å²) in [4.78, 5) is 0. The van der Waals surface area contributed by atoms with Crippen LogP contribution in [0.3, 0.4) is 0 Å². The molecule has 0 heteroatoms. The van der Waals surface area contributed by atoms with Gasteiger partial charge in [-0.05, 0) is 25.5 Å². The number of allylic oxidation sites excluding steroid dienone is 1. The van der Waals surface area contributed by atoms with E-state index >= 15 is 0 Å². The molecule has 0 saturated heterocycles. The first-order valence-electron chi connectivity index (χ1n) is 3.27. The Morgan fingerprint density at radius 3 is 3.29 bits per heavy atom. The van der Waals surface area contributed by atoms with Gasteiger partial charge in [0.2, 0.25) is 0 Å². The zero-order valence-corrected chi connectivity index (χ0v) is 4.78. The molecule has 0 aromatic heterocycles. The van der Waals surface area contributed by atoms with Crippen LogP contribution < -0.4 is 0 Å². The van der Waals surface area contributed by atoms with Gasteiger partial charge in [-0.25, -0.2) is 0 Å². The molecular weight excluding hydrogens is 84.1 g/mol. The Morgan fingerprint density at radius 2 is 2.71 bits per heavy atom. The van der Waals surface area contributed by atoms with Crippen LogP contribution in [0.1, 0.15) is 28.0 Å². The number of rotatable bonds is 2. The van der Waals surface area contributed by atoms with Gasteiger partial charge in [-0.1, -0.05) is 13.3 Å². The summed E-state index contributed by atoms with van der Waals surface area (Å²) < 4.78 is 6.78. The average Bonchev–Trinajstić information content (AvgIpc) is 1.81. The van der Waals surface area contributed by atoms with Crippen molar-refractivity contribution in [3.05, 3.63) is 17.9 Å². The number of unbranched alkanes of at least 4 members (excludes halogenated alkanes) is 1. The fourth-order valence-corrected chi connectivity index (χ4v) is 0.303. The van der Waals surface area contributed by atoms with E-state index in [4.69, 9.17) is 1.37 Å². The van der Waals surface area contributed by atoms with Gasteiger partial charge in [-0.3, -0.25) is 0 Å². The van der Waals surface area contributed by atoms with Crippen LogP contribution >= 0.6 is 0 Å². The summed E-state index contributed by atoms with van der Waals surface area (Å²) in [5.74, 6) is 0. The summed E-state index contributed by atoms with van der Waals surface area (Å²) in [7, 11) is 0. The summed E-state index contributed by atoms with van der Waals surface area (Å²) in [6.45, 7) is 2.47. The van der Waals surface area contributed by atoms with Crippen LogP contribution in [0.2, 0.25) is 0 Å². The molecule has 0 rings (SSSR count). The highest BCUT2D eigenvalue weighted by Crippen LogP contribution is 1.84. The average molecular weight is 97.2 g/mol. The van der Waals surface area contributed by atoms with Crippen LogP contribution in [-0.4, -0.2) is 0 Å². The third kappa shape index (κ3) is 5.52. The van der Waals surface area contributed by atoms with Crippen molar-refractivity contribution in [1.82, 2.24) is 0 Å². The monoisotopic (exact) mass is 97.1 g/mol. The Labute approximate surface area is 47.0 Å². The maximum Gasteiger partial charge on any atom is 0.0230 e. The molecule has 0 aliphatic heterocycles. The van der Waals surface area contributed by atoms with E-state index < -0.39 is 0 Å². The minimum Gasteiger partial charge on any atom is -0.130 e. The quantitative estimate of drug-likeness (QED) is 0.367. The first kappa shape index (κ1) is 4.67. The van der Waals surface area contributed by atoms with Crippen molar-refractivity contribution < 1.29 is 1.37 Å². The molecule has 0 radical (unpaired) electrons. The Hall–Kier alpha value is -0.480. The Kier molecular flexibility index (Phi) is 3.69. The second kappa shape index (κ2) is 5.52. The maximum absolute atomic E-state index is 6.78. The van der Waals surface area contributed by atoms with E-state index in [2.05, 4.69) is 5.73 Å². The smallest absolute Gasteiger partial charge is 0.0230 e. The molecule has 0 aliphatic rings. The molecule has 0 bridgehead atoms. The first-order valence-corrected chi connectivity index (χ1v) is 2.56. The van der Waals surface area contributed by atoms with Gasteiger partial charge < -0.3 is 0 Å². The summed E-state index contributed by atoms with van der Waals surface area (Å²) in [6, 6.07) is 0. The highest BCUT2D eigenvalue weighted by molar-refractivity contribution is 4.80. The lowest BCUT2D eigenvalue weighted by Gasteiger charge is -1.74. The number of hydrogen-bond donors (Lipinski definition) is 0. The molecule has 0 atom stereocenters. The topological polar surface area (TPSA) is 0 Å². The van der Waals surface area contributed by atoms with E-state index in [1.165, 1.54) is 0 Å². The molecule has 0 aromatic rings. The standard InChI is InChI=1S/C7H12/c1-3-5-7-6-4-2/h3,7H,4,6H2,1-2H3/i2D. The molecular formula is C7H12. The van der Waals surface area contributed by atoms with Crippen molar-refractivity contribution in [3.8, 4) is 0 Å². The SMILES string of the molecule is [2H]CCCC=C=CC. The molecule has 0 saturated carbocycles. The molecule has 0 amide bonds. The zero-order valence-electron chi connectivity index (χ0n) is 5.78. The summed E-state index contributed by atoms with van der Waals surface area (Å²) in [6.07, 6.45) is 5.80. The van der Waals surface area contributed by atoms with Gasteiger partial charge in [-0.15, -0.1) is 5.73 Å². The molecule has 0 heterocycles. The van der Waals surface area contributed by atoms with E-state index in [9.17, 15) is 0 Å². The summed E-state index contributed by atoms with van der Waals surface area (Å²) >= 11 is 0. The Morgan fingerprint density at radius 1 is 1.86 bits per heavy atom. The van der Waals surface area contributed by atoms with Gasteiger partial charge in [0.1, 0.15) is 0 Å². The second-order valence-corrected chi connectivity index (χ2v) is 1.30. The van der Waals surface area contributed by atoms with Crippen molar-refractivity contribution >= 4 is 0 Å². The molecule has 0 spiro atoms. The predicted molar refractivity (Wildman–Crippen MR) is 33.2 cm³/mol. The van der Waals surface area contributed by atoms with Gasteiger partial charge in [0.15, 0.2) is 0 Å². The molecule has 0 N–H and O–H groups in total. The minimum atomic E-state index is 0.530. The summed E-state index contributed by atoms with van der Waals surface area (Å²) in [5.41, 5.74) is 2.95. The largest absolute Gasteiger partial charge is 0.130 e. The lowest BCUT2D eigenvalue weighted by molar-refractivity contribution is 0.960. The van der Waals surface area contributed by atoms with Gasteiger partial charge in [-0.2, -0.15) is 0 Å². The van der Waals surface area contributed by atoms with Gasteiger partial charge in [0.05, 0.1) is 0 Å². The first-order chi connectivity index (χ1) is 3.91. The highest BCUT2D eigenvalue weighted by atomic mass is 13.7. The highest BCUT2D eigenvalue weighted by Gasteiger charge is 1.64. The van der Waals surface area contributed by atoms with Gasteiger partial charge >= 0.3 is 0 Å². The zero-order chi connectivity index (χ0) is 6.24. The molecule has 0 aliphatic carbocycles. The fourth-order valence-electron chi connectivity index (χ4n) is 0.303. The fraction of sp³-hybridized carbons (Fsp3) is 0.571. The van der Waals surface area contributed by atoms with Crippen molar-refractivity contribution in [2.75, 3.05) is 0 Å². The molecule has 0 nitrogen and oxygen atoms in total. The normalized spacial score (nSPS) is 9.00. The van der Waals surface area contributed by atoms with Crippen LogP contribution in [0.5, 0.6) is 0 Å². The maximum atomic E-state index is 6.78. The van der Waals surface area contributed by atoms with Gasteiger partial charge in [0, 0.05) is 1.37 Å². The minimum absolute atomic E-state index is 0.530. The molecule has 40 valence electrons. The predicted octanol–water partition coefficient (Wildman–Crippen LogP) is 2.52. The third-order valence-corrected chi connectivity index (χ3v) is 0.633. The van der Waals surface area contributed by atoms with Crippen molar-refractivity contribution in [2.24, 2.45) is 0 Å². The lowest BCUT2D eigenvalue weighted by atomic mass is 10.3. The Balaban J connectivity index is 3.04. The van der Waals surface area contributed by atoms with E-state index in [0.29, 0.717) is 6.90 Å². The van der Waals surface area contributed by atoms with Crippen LogP contribution in [0, 0.1) is 0 Å². The molecule has 0 aromatic carbocycles. The van der Waals surface area contributed by atoms with Gasteiger partial charge in [0.25, 0.3) is 0 Å². The van der Waals surface area contributed by atoms with Crippen LogP contribution in [0.15, 0.2) is 17.9 Å². The van der Waals surface area contributed by atoms with E-state index in [0.717, 1.165) is 12.8 Å². The second-order valence-electron chi connectivity index (χ2n) is 1.30. The summed E-state index contributed by atoms with van der Waals surface area (Å²) in [5, 5.41) is 0. The van der Waals surface area contributed by atoms with Crippen LogP contribution in [-0.2, 0) is 0 Å². The van der Waals surface area contributed by atoms with Crippen molar-refractivity contribution in [2.45, 2.75) is 26.7 Å². The van der Waals surface area contributed by atoms with Crippen molar-refractivity contribution in [3.63, 3.8) is 0 Å². The van der Waals surface area contributed by atoms with Crippen molar-refractivity contribution in [1.29, 1.82) is 0 Å². The van der Waals surface area contributed by atoms with Crippen LogP contribution in [0.4, 0.5) is 0 Å². The molecule has 0 fully saturated rings. The lowest BCUT2D eigenvalue weighted by Crippen LogP contribution is -1.54. The van der Waals surface area contributed by atoms with E-state index in [-0.39, 0.29) is 0 Å². The Bertz CT molecular complexity index is 88.6. The third-order valence-electron chi connectivity index (χ3n) is 0.633. The molecule has 0 unspecified atom stereocenters. The van der Waals surface area contributed by atoms with E-state index in [1.54, 1.807) is 0 Å². The molecule has 7 heavy (non-hydrogen) atoms.